The molecule has 4 rings (SSSR count). The fraction of sp³-hybridized carbons (Fsp3) is 0.226. The van der Waals surface area contributed by atoms with Gasteiger partial charge in [-0.05, 0) is 46.5 Å². The van der Waals surface area contributed by atoms with Crippen molar-refractivity contribution in [3.05, 3.63) is 114 Å². The number of sulfonamides is 1. The zero-order valence-electron chi connectivity index (χ0n) is 22.4. The van der Waals surface area contributed by atoms with E-state index in [1.54, 1.807) is 18.2 Å². The van der Waals surface area contributed by atoms with Crippen molar-refractivity contribution < 1.29 is 18.0 Å². The monoisotopic (exact) mass is 543 g/mol. The van der Waals surface area contributed by atoms with E-state index in [4.69, 9.17) is 0 Å². The van der Waals surface area contributed by atoms with E-state index in [0.717, 1.165) is 31.8 Å². The maximum atomic E-state index is 13.9. The smallest absolute Gasteiger partial charge is 0.243 e. The first kappa shape index (κ1) is 28.0. The molecule has 202 valence electrons. The van der Waals surface area contributed by atoms with Crippen LogP contribution in [0.4, 0.5) is 0 Å². The van der Waals surface area contributed by atoms with Crippen LogP contribution in [-0.2, 0) is 32.6 Å². The van der Waals surface area contributed by atoms with Gasteiger partial charge in [-0.3, -0.25) is 9.59 Å². The summed E-state index contributed by atoms with van der Waals surface area (Å²) in [4.78, 5) is 28.6. The Balaban J connectivity index is 1.66. The average Bonchev–Trinajstić information content (AvgIpc) is 2.95. The van der Waals surface area contributed by atoms with Crippen LogP contribution in [0.1, 0.15) is 16.7 Å². The molecule has 8 heteroatoms. The molecule has 0 aliphatic rings. The third-order valence-electron chi connectivity index (χ3n) is 6.91. The van der Waals surface area contributed by atoms with Crippen molar-refractivity contribution in [1.82, 2.24) is 14.5 Å². The highest BCUT2D eigenvalue weighted by Crippen LogP contribution is 2.22. The van der Waals surface area contributed by atoms with Gasteiger partial charge in [-0.15, -0.1) is 0 Å². The molecule has 0 heterocycles. The molecule has 0 aliphatic heterocycles. The van der Waals surface area contributed by atoms with Crippen LogP contribution in [0.5, 0.6) is 0 Å². The number of amides is 2. The Bertz CT molecular complexity index is 1570. The van der Waals surface area contributed by atoms with Gasteiger partial charge in [0, 0.05) is 27.1 Å². The van der Waals surface area contributed by atoms with Gasteiger partial charge in [0.05, 0.1) is 11.4 Å². The molecule has 0 fully saturated rings. The van der Waals surface area contributed by atoms with Gasteiger partial charge in [-0.2, -0.15) is 4.31 Å². The van der Waals surface area contributed by atoms with Gasteiger partial charge >= 0.3 is 0 Å². The standard InChI is InChI=1S/C31H33N3O4S/c1-23-11-7-8-16-27(23)21-34(29(31(36)32-2)19-24-12-5-4-6-13-24)30(35)22-33(3)39(37,38)28-18-17-25-14-9-10-15-26(25)20-28/h4-18,20,29H,19,21-22H2,1-3H3,(H,32,36)/t29-/m0/s1. The van der Waals surface area contributed by atoms with E-state index in [1.807, 2.05) is 85.8 Å². The number of likely N-dealkylation sites (N-methyl/N-ethyl adjacent to an activating group) is 2. The normalized spacial score (nSPS) is 12.3. The summed E-state index contributed by atoms with van der Waals surface area (Å²) in [6, 6.07) is 28.7. The second-order valence-corrected chi connectivity index (χ2v) is 11.6. The number of carbonyl (C=O) groups excluding carboxylic acids is 2. The van der Waals surface area contributed by atoms with Crippen molar-refractivity contribution in [3.63, 3.8) is 0 Å². The van der Waals surface area contributed by atoms with Crippen molar-refractivity contribution in [1.29, 1.82) is 0 Å². The van der Waals surface area contributed by atoms with E-state index >= 15 is 0 Å². The maximum Gasteiger partial charge on any atom is 0.243 e. The Morgan fingerprint density at radius 3 is 2.18 bits per heavy atom. The third-order valence-corrected chi connectivity index (χ3v) is 8.71. The average molecular weight is 544 g/mol. The highest BCUT2D eigenvalue weighted by Gasteiger charge is 2.32. The molecule has 0 bridgehead atoms. The second-order valence-electron chi connectivity index (χ2n) is 9.54. The molecule has 0 aromatic heterocycles. The van der Waals surface area contributed by atoms with E-state index in [0.29, 0.717) is 6.42 Å². The van der Waals surface area contributed by atoms with Crippen molar-refractivity contribution in [2.45, 2.75) is 30.8 Å². The number of hydrogen-bond acceptors (Lipinski definition) is 4. The summed E-state index contributed by atoms with van der Waals surface area (Å²) in [5.74, 6) is -0.782. The minimum Gasteiger partial charge on any atom is -0.357 e. The quantitative estimate of drug-likeness (QED) is 0.326. The molecular formula is C31H33N3O4S. The predicted molar refractivity (Wildman–Crippen MR) is 153 cm³/mol. The van der Waals surface area contributed by atoms with E-state index < -0.39 is 28.5 Å². The molecule has 0 unspecified atom stereocenters. The van der Waals surface area contributed by atoms with Crippen LogP contribution in [0.2, 0.25) is 0 Å². The molecule has 0 saturated carbocycles. The predicted octanol–water partition coefficient (Wildman–Crippen LogP) is 4.15. The number of nitrogens with zero attached hydrogens (tertiary/aromatic N) is 2. The molecule has 0 radical (unpaired) electrons. The van der Waals surface area contributed by atoms with E-state index in [2.05, 4.69) is 5.32 Å². The van der Waals surface area contributed by atoms with Gasteiger partial charge in [0.25, 0.3) is 0 Å². The Morgan fingerprint density at radius 2 is 1.49 bits per heavy atom. The van der Waals surface area contributed by atoms with Gasteiger partial charge in [-0.1, -0.05) is 84.9 Å². The van der Waals surface area contributed by atoms with Gasteiger partial charge < -0.3 is 10.2 Å². The molecule has 0 spiro atoms. The fourth-order valence-electron chi connectivity index (χ4n) is 4.57. The third kappa shape index (κ3) is 6.53. The lowest BCUT2D eigenvalue weighted by atomic mass is 10.0. The van der Waals surface area contributed by atoms with Crippen LogP contribution in [0.25, 0.3) is 10.8 Å². The number of rotatable bonds is 10. The van der Waals surface area contributed by atoms with Crippen molar-refractivity contribution in [2.75, 3.05) is 20.6 Å². The molecule has 7 nitrogen and oxygen atoms in total. The zero-order valence-corrected chi connectivity index (χ0v) is 23.2. The van der Waals surface area contributed by atoms with Crippen LogP contribution in [0.3, 0.4) is 0 Å². The zero-order chi connectivity index (χ0) is 28.0. The Kier molecular flexibility index (Phi) is 8.79. The summed E-state index contributed by atoms with van der Waals surface area (Å²) >= 11 is 0. The molecule has 1 atom stereocenters. The summed E-state index contributed by atoms with van der Waals surface area (Å²) in [5.41, 5.74) is 2.75. The van der Waals surface area contributed by atoms with E-state index in [1.165, 1.54) is 19.0 Å². The van der Waals surface area contributed by atoms with Crippen LogP contribution < -0.4 is 5.32 Å². The number of benzene rings is 4. The molecule has 2 amide bonds. The highest BCUT2D eigenvalue weighted by atomic mass is 32.2. The number of hydrogen-bond donors (Lipinski definition) is 1. The Hall–Kier alpha value is -4.01. The van der Waals surface area contributed by atoms with Gasteiger partial charge in [0.15, 0.2) is 0 Å². The molecule has 4 aromatic rings. The van der Waals surface area contributed by atoms with Gasteiger partial charge in [-0.25, -0.2) is 8.42 Å². The largest absolute Gasteiger partial charge is 0.357 e. The van der Waals surface area contributed by atoms with Crippen molar-refractivity contribution in [2.24, 2.45) is 0 Å². The molecule has 1 N–H and O–H groups in total. The number of nitrogens with one attached hydrogen (secondary N) is 1. The van der Waals surface area contributed by atoms with Crippen LogP contribution >= 0.6 is 0 Å². The first-order valence-corrected chi connectivity index (χ1v) is 14.2. The van der Waals surface area contributed by atoms with Crippen molar-refractivity contribution in [3.8, 4) is 0 Å². The minimum absolute atomic E-state index is 0.106. The van der Waals surface area contributed by atoms with Crippen LogP contribution in [0.15, 0.2) is 102 Å². The SMILES string of the molecule is CNC(=O)[C@H](Cc1ccccc1)N(Cc1ccccc1C)C(=O)CN(C)S(=O)(=O)c1ccc2ccccc2c1. The summed E-state index contributed by atoms with van der Waals surface area (Å²) < 4.78 is 28.0. The van der Waals surface area contributed by atoms with Crippen LogP contribution in [-0.4, -0.2) is 56.1 Å². The lowest BCUT2D eigenvalue weighted by molar-refractivity contribution is -0.141. The van der Waals surface area contributed by atoms with E-state index in [-0.39, 0.29) is 17.3 Å². The van der Waals surface area contributed by atoms with Gasteiger partial charge in [0.2, 0.25) is 21.8 Å². The Morgan fingerprint density at radius 1 is 0.846 bits per heavy atom. The molecule has 0 saturated heterocycles. The first-order chi connectivity index (χ1) is 18.7. The second kappa shape index (κ2) is 12.2. The van der Waals surface area contributed by atoms with Crippen LogP contribution in [0, 0.1) is 6.92 Å². The topological polar surface area (TPSA) is 86.8 Å². The lowest BCUT2D eigenvalue weighted by Gasteiger charge is -2.32. The van der Waals surface area contributed by atoms with E-state index in [9.17, 15) is 18.0 Å². The fourth-order valence-corrected chi connectivity index (χ4v) is 5.72. The summed E-state index contributed by atoms with van der Waals surface area (Å²) in [6.45, 7) is 1.70. The molecular weight excluding hydrogens is 510 g/mol. The van der Waals surface area contributed by atoms with Crippen molar-refractivity contribution >= 4 is 32.6 Å². The lowest BCUT2D eigenvalue weighted by Crippen LogP contribution is -2.52. The number of fused-ring (bicyclic) bond motifs is 1. The summed E-state index contributed by atoms with van der Waals surface area (Å²) in [5, 5.41) is 4.40. The highest BCUT2D eigenvalue weighted by molar-refractivity contribution is 7.89. The summed E-state index contributed by atoms with van der Waals surface area (Å²) in [6.07, 6.45) is 0.291. The molecule has 4 aromatic carbocycles. The molecule has 0 aliphatic carbocycles. The maximum absolute atomic E-state index is 13.9. The minimum atomic E-state index is -3.97. The number of aryl methyl sites for hydroxylation is 1. The van der Waals surface area contributed by atoms with Gasteiger partial charge in [0.1, 0.15) is 6.04 Å². The first-order valence-electron chi connectivity index (χ1n) is 12.8. The Labute approximate surface area is 230 Å². The summed E-state index contributed by atoms with van der Waals surface area (Å²) in [7, 11) is -1.04. The number of carbonyl (C=O) groups is 2. The molecule has 39 heavy (non-hydrogen) atoms.